The van der Waals surface area contributed by atoms with Gasteiger partial charge in [-0.15, -0.1) is 12.4 Å². The average molecular weight is 377 g/mol. The van der Waals surface area contributed by atoms with Gasteiger partial charge in [-0.2, -0.15) is 0 Å². The van der Waals surface area contributed by atoms with E-state index < -0.39 is 0 Å². The van der Waals surface area contributed by atoms with E-state index in [0.29, 0.717) is 22.6 Å². The van der Waals surface area contributed by atoms with Gasteiger partial charge in [-0.05, 0) is 36.2 Å². The van der Waals surface area contributed by atoms with Crippen LogP contribution in [0.4, 0.5) is 10.2 Å². The minimum atomic E-state index is -0.311. The smallest absolute Gasteiger partial charge is 0.128 e. The van der Waals surface area contributed by atoms with Crippen molar-refractivity contribution in [3.63, 3.8) is 0 Å². The highest BCUT2D eigenvalue weighted by molar-refractivity contribution is 6.31. The number of hydrogen-bond acceptors (Lipinski definition) is 3. The maximum Gasteiger partial charge on any atom is 0.128 e. The lowest BCUT2D eigenvalue weighted by Gasteiger charge is -2.18. The molecule has 1 aromatic heterocycles. The lowest BCUT2D eigenvalue weighted by atomic mass is 10.2. The normalized spacial score (nSPS) is 17.2. The molecule has 124 valence electrons. The number of benzene rings is 1. The van der Waals surface area contributed by atoms with Gasteiger partial charge in [0.15, 0.2) is 0 Å². The van der Waals surface area contributed by atoms with Crippen LogP contribution in [0.2, 0.25) is 10.0 Å². The molecule has 23 heavy (non-hydrogen) atoms. The van der Waals surface area contributed by atoms with Crippen molar-refractivity contribution in [1.29, 1.82) is 0 Å². The summed E-state index contributed by atoms with van der Waals surface area (Å²) >= 11 is 11.9. The second kappa shape index (κ2) is 8.15. The van der Waals surface area contributed by atoms with E-state index in [1.807, 2.05) is 12.1 Å². The van der Waals surface area contributed by atoms with Crippen molar-refractivity contribution >= 4 is 41.4 Å². The van der Waals surface area contributed by atoms with E-state index in [0.717, 1.165) is 30.9 Å². The zero-order valence-corrected chi connectivity index (χ0v) is 14.6. The molecule has 3 rings (SSSR count). The quantitative estimate of drug-likeness (QED) is 0.861. The van der Waals surface area contributed by atoms with E-state index in [-0.39, 0.29) is 18.2 Å². The molecule has 3 nitrogen and oxygen atoms in total. The van der Waals surface area contributed by atoms with Gasteiger partial charge >= 0.3 is 0 Å². The number of pyridine rings is 1. The molecule has 2 heterocycles. The zero-order chi connectivity index (χ0) is 15.5. The Labute approximate surface area is 151 Å². The number of aromatic nitrogens is 1. The summed E-state index contributed by atoms with van der Waals surface area (Å²) in [5, 5.41) is 4.57. The van der Waals surface area contributed by atoms with Crippen molar-refractivity contribution in [3.05, 3.63) is 58.0 Å². The molecule has 1 N–H and O–H groups in total. The monoisotopic (exact) mass is 375 g/mol. The molecule has 0 bridgehead atoms. The predicted molar refractivity (Wildman–Crippen MR) is 95.4 cm³/mol. The Bertz CT molecular complexity index is 652. The molecule has 1 aromatic carbocycles. The maximum atomic E-state index is 13.0. The molecule has 0 amide bonds. The van der Waals surface area contributed by atoms with E-state index in [2.05, 4.69) is 15.2 Å². The molecule has 0 aliphatic carbocycles. The van der Waals surface area contributed by atoms with E-state index in [9.17, 15) is 4.39 Å². The summed E-state index contributed by atoms with van der Waals surface area (Å²) in [6.07, 6.45) is 2.69. The fraction of sp³-hybridized carbons (Fsp3) is 0.312. The van der Waals surface area contributed by atoms with E-state index >= 15 is 0 Å². The molecular formula is C16H17Cl3FN3. The van der Waals surface area contributed by atoms with Crippen LogP contribution in [0.3, 0.4) is 0 Å². The number of nitrogens with zero attached hydrogens (tertiary/aromatic N) is 2. The van der Waals surface area contributed by atoms with Crippen LogP contribution < -0.4 is 10.2 Å². The second-order valence-electron chi connectivity index (χ2n) is 5.38. The highest BCUT2D eigenvalue weighted by Crippen LogP contribution is 2.21. The van der Waals surface area contributed by atoms with Crippen molar-refractivity contribution in [1.82, 2.24) is 10.3 Å². The molecule has 1 saturated heterocycles. The Kier molecular flexibility index (Phi) is 6.48. The molecule has 1 fully saturated rings. The largest absolute Gasteiger partial charge is 0.355 e. The van der Waals surface area contributed by atoms with Gasteiger partial charge in [-0.25, -0.2) is 9.37 Å². The standard InChI is InChI=1S/C16H16Cl2FN3.ClH/c17-12-2-4-16(21-9-12)22-6-5-14(10-22)20-8-11-1-3-13(19)7-15(11)18;/h1-4,7,9,14,20H,5-6,8,10H2;1H/t14-;/m0./s1. The summed E-state index contributed by atoms with van der Waals surface area (Å²) in [5.74, 6) is 0.628. The molecule has 0 saturated carbocycles. The first kappa shape index (κ1) is 18.3. The topological polar surface area (TPSA) is 28.2 Å². The van der Waals surface area contributed by atoms with Crippen molar-refractivity contribution in [2.75, 3.05) is 18.0 Å². The van der Waals surface area contributed by atoms with Crippen LogP contribution in [0.15, 0.2) is 36.5 Å². The summed E-state index contributed by atoms with van der Waals surface area (Å²) in [6.45, 7) is 2.46. The minimum absolute atomic E-state index is 0. The average Bonchev–Trinajstić information content (AvgIpc) is 2.96. The van der Waals surface area contributed by atoms with Gasteiger partial charge in [-0.3, -0.25) is 0 Å². The van der Waals surface area contributed by atoms with Crippen LogP contribution in [0.5, 0.6) is 0 Å². The number of nitrogens with one attached hydrogen (secondary N) is 1. The molecule has 0 radical (unpaired) electrons. The van der Waals surface area contributed by atoms with Crippen LogP contribution in [-0.4, -0.2) is 24.1 Å². The summed E-state index contributed by atoms with van der Waals surface area (Å²) in [5.41, 5.74) is 0.908. The van der Waals surface area contributed by atoms with Gasteiger partial charge in [0.05, 0.1) is 5.02 Å². The molecule has 2 aromatic rings. The van der Waals surface area contributed by atoms with Gasteiger partial charge in [0.2, 0.25) is 0 Å². The summed E-state index contributed by atoms with van der Waals surface area (Å²) in [6, 6.07) is 8.64. The number of halogens is 4. The Hall–Kier alpha value is -1.07. The SMILES string of the molecule is Cl.Fc1ccc(CN[C@H]2CCN(c3ccc(Cl)cn3)C2)c(Cl)c1. The first-order valence-electron chi connectivity index (χ1n) is 7.15. The van der Waals surface area contributed by atoms with Gasteiger partial charge in [-0.1, -0.05) is 29.3 Å². The highest BCUT2D eigenvalue weighted by Gasteiger charge is 2.23. The van der Waals surface area contributed by atoms with Crippen LogP contribution >= 0.6 is 35.6 Å². The first-order chi connectivity index (χ1) is 10.6. The fourth-order valence-electron chi connectivity index (χ4n) is 2.61. The molecule has 7 heteroatoms. The molecule has 1 aliphatic rings. The van der Waals surface area contributed by atoms with Crippen molar-refractivity contribution < 1.29 is 4.39 Å². The summed E-state index contributed by atoms with van der Waals surface area (Å²) in [4.78, 5) is 6.56. The van der Waals surface area contributed by atoms with Gasteiger partial charge in [0.25, 0.3) is 0 Å². The van der Waals surface area contributed by atoms with Crippen LogP contribution in [0, 0.1) is 5.82 Å². The number of hydrogen-bond donors (Lipinski definition) is 1. The molecular weight excluding hydrogens is 360 g/mol. The van der Waals surface area contributed by atoms with Gasteiger partial charge in [0, 0.05) is 36.9 Å². The lowest BCUT2D eigenvalue weighted by molar-refractivity contribution is 0.550. The highest BCUT2D eigenvalue weighted by atomic mass is 35.5. The third kappa shape index (κ3) is 4.70. The summed E-state index contributed by atoms with van der Waals surface area (Å²) in [7, 11) is 0. The van der Waals surface area contributed by atoms with Crippen molar-refractivity contribution in [3.8, 4) is 0 Å². The Balaban J connectivity index is 0.00000192. The van der Waals surface area contributed by atoms with E-state index in [1.165, 1.54) is 12.1 Å². The Morgan fingerprint density at radius 1 is 1.26 bits per heavy atom. The van der Waals surface area contributed by atoms with Gasteiger partial charge in [0.1, 0.15) is 11.6 Å². The van der Waals surface area contributed by atoms with E-state index in [1.54, 1.807) is 12.3 Å². The number of anilines is 1. The first-order valence-corrected chi connectivity index (χ1v) is 7.91. The van der Waals surface area contributed by atoms with Gasteiger partial charge < -0.3 is 10.2 Å². The van der Waals surface area contributed by atoms with Crippen LogP contribution in [-0.2, 0) is 6.54 Å². The van der Waals surface area contributed by atoms with Crippen LogP contribution in [0.25, 0.3) is 0 Å². The van der Waals surface area contributed by atoms with Crippen molar-refractivity contribution in [2.24, 2.45) is 0 Å². The Morgan fingerprint density at radius 2 is 2.09 bits per heavy atom. The fourth-order valence-corrected chi connectivity index (χ4v) is 2.96. The lowest BCUT2D eigenvalue weighted by Crippen LogP contribution is -2.32. The van der Waals surface area contributed by atoms with E-state index in [4.69, 9.17) is 23.2 Å². The molecule has 1 atom stereocenters. The minimum Gasteiger partial charge on any atom is -0.355 e. The van der Waals surface area contributed by atoms with Crippen LogP contribution in [0.1, 0.15) is 12.0 Å². The molecule has 0 spiro atoms. The third-order valence-electron chi connectivity index (χ3n) is 3.82. The molecule has 0 unspecified atom stereocenters. The zero-order valence-electron chi connectivity index (χ0n) is 12.3. The number of rotatable bonds is 4. The maximum absolute atomic E-state index is 13.0. The second-order valence-corrected chi connectivity index (χ2v) is 6.23. The molecule has 1 aliphatic heterocycles. The Morgan fingerprint density at radius 3 is 2.78 bits per heavy atom. The third-order valence-corrected chi connectivity index (χ3v) is 4.40. The predicted octanol–water partition coefficient (Wildman–Crippen LogP) is 4.32. The summed E-state index contributed by atoms with van der Waals surface area (Å²) < 4.78 is 13.0. The van der Waals surface area contributed by atoms with Crippen molar-refractivity contribution in [2.45, 2.75) is 19.0 Å².